The third-order valence-corrected chi connectivity index (χ3v) is 1.42. The molecule has 0 radical (unpaired) electrons. The number of hydrogen-bond donors (Lipinski definition) is 0. The summed E-state index contributed by atoms with van der Waals surface area (Å²) in [6.07, 6.45) is 0.889. The third kappa shape index (κ3) is 2.85. The van der Waals surface area contributed by atoms with Crippen molar-refractivity contribution in [3.8, 4) is 0 Å². The number of oxime groups is 1. The molecule has 1 aromatic carbocycles. The minimum absolute atomic E-state index is 0.605. The summed E-state index contributed by atoms with van der Waals surface area (Å²) in [5.74, 6) is 0. The van der Waals surface area contributed by atoms with E-state index in [1.807, 2.05) is 18.2 Å². The van der Waals surface area contributed by atoms with Crippen LogP contribution in [0, 0.1) is 0 Å². The van der Waals surface area contributed by atoms with Crippen molar-refractivity contribution >= 4 is 6.72 Å². The lowest BCUT2D eigenvalue weighted by Gasteiger charge is -1.98. The van der Waals surface area contributed by atoms with Gasteiger partial charge < -0.3 is 4.84 Å². The first-order valence-electron chi connectivity index (χ1n) is 3.55. The lowest BCUT2D eigenvalue weighted by molar-refractivity contribution is 0.150. The summed E-state index contributed by atoms with van der Waals surface area (Å²) in [4.78, 5) is 4.75. The van der Waals surface area contributed by atoms with Crippen LogP contribution in [0.2, 0.25) is 0 Å². The molecular weight excluding hydrogens is 138 g/mol. The lowest BCUT2D eigenvalue weighted by atomic mass is 10.2. The SMILES string of the molecule is C=NOCCc1ccccc1. The zero-order valence-corrected chi connectivity index (χ0v) is 6.36. The lowest BCUT2D eigenvalue weighted by Crippen LogP contribution is -1.92. The molecular formula is C9H11NO. The van der Waals surface area contributed by atoms with E-state index in [4.69, 9.17) is 4.84 Å². The van der Waals surface area contributed by atoms with E-state index in [0.29, 0.717) is 6.61 Å². The summed E-state index contributed by atoms with van der Waals surface area (Å²) in [7, 11) is 0. The maximum atomic E-state index is 4.75. The third-order valence-electron chi connectivity index (χ3n) is 1.42. The maximum absolute atomic E-state index is 4.75. The van der Waals surface area contributed by atoms with Crippen molar-refractivity contribution in [1.29, 1.82) is 0 Å². The Bertz CT molecular complexity index is 208. The molecule has 0 unspecified atom stereocenters. The Kier molecular flexibility index (Phi) is 3.19. The van der Waals surface area contributed by atoms with Gasteiger partial charge in [0.2, 0.25) is 0 Å². The first-order valence-corrected chi connectivity index (χ1v) is 3.55. The highest BCUT2D eigenvalue weighted by Crippen LogP contribution is 1.98. The van der Waals surface area contributed by atoms with Gasteiger partial charge in [0.1, 0.15) is 6.61 Å². The summed E-state index contributed by atoms with van der Waals surface area (Å²) >= 11 is 0. The minimum Gasteiger partial charge on any atom is -0.396 e. The second kappa shape index (κ2) is 4.50. The van der Waals surface area contributed by atoms with Crippen LogP contribution >= 0.6 is 0 Å². The van der Waals surface area contributed by atoms with Crippen LogP contribution < -0.4 is 0 Å². The Morgan fingerprint density at radius 1 is 1.27 bits per heavy atom. The van der Waals surface area contributed by atoms with Crippen LogP contribution in [0.1, 0.15) is 5.56 Å². The first kappa shape index (κ1) is 7.79. The molecule has 11 heavy (non-hydrogen) atoms. The van der Waals surface area contributed by atoms with E-state index in [-0.39, 0.29) is 0 Å². The molecule has 0 aliphatic rings. The van der Waals surface area contributed by atoms with E-state index in [1.165, 1.54) is 5.56 Å². The Morgan fingerprint density at radius 2 is 2.00 bits per heavy atom. The normalized spacial score (nSPS) is 9.09. The molecule has 0 amide bonds. The summed E-state index contributed by atoms with van der Waals surface area (Å²) in [5, 5.41) is 3.30. The molecule has 0 spiro atoms. The number of nitrogens with zero attached hydrogens (tertiary/aromatic N) is 1. The van der Waals surface area contributed by atoms with Crippen molar-refractivity contribution in [3.05, 3.63) is 35.9 Å². The number of rotatable bonds is 4. The van der Waals surface area contributed by atoms with Crippen molar-refractivity contribution in [2.75, 3.05) is 6.61 Å². The van der Waals surface area contributed by atoms with Crippen LogP contribution in [-0.2, 0) is 11.3 Å². The Hall–Kier alpha value is -1.31. The zero-order chi connectivity index (χ0) is 7.94. The summed E-state index contributed by atoms with van der Waals surface area (Å²) in [5.41, 5.74) is 1.26. The molecule has 2 nitrogen and oxygen atoms in total. The molecule has 0 bridgehead atoms. The highest BCUT2D eigenvalue weighted by Gasteiger charge is 1.89. The predicted molar refractivity (Wildman–Crippen MR) is 45.6 cm³/mol. The van der Waals surface area contributed by atoms with E-state index in [0.717, 1.165) is 6.42 Å². The van der Waals surface area contributed by atoms with E-state index in [9.17, 15) is 0 Å². The smallest absolute Gasteiger partial charge is 0.121 e. The van der Waals surface area contributed by atoms with E-state index in [1.54, 1.807) is 0 Å². The molecule has 0 fully saturated rings. The minimum atomic E-state index is 0.605. The van der Waals surface area contributed by atoms with Gasteiger partial charge in [-0.05, 0) is 5.56 Å². The molecule has 0 heterocycles. The molecule has 0 N–H and O–H groups in total. The van der Waals surface area contributed by atoms with E-state index >= 15 is 0 Å². The second-order valence-corrected chi connectivity index (χ2v) is 2.20. The van der Waals surface area contributed by atoms with E-state index in [2.05, 4.69) is 24.0 Å². The molecule has 0 aliphatic carbocycles. The van der Waals surface area contributed by atoms with Crippen molar-refractivity contribution in [2.24, 2.45) is 5.16 Å². The van der Waals surface area contributed by atoms with Crippen molar-refractivity contribution in [2.45, 2.75) is 6.42 Å². The topological polar surface area (TPSA) is 21.6 Å². The largest absolute Gasteiger partial charge is 0.396 e. The van der Waals surface area contributed by atoms with Gasteiger partial charge in [-0.2, -0.15) is 0 Å². The first-order chi connectivity index (χ1) is 5.43. The standard InChI is InChI=1S/C9H11NO/c1-10-11-8-7-9-5-3-2-4-6-9/h2-6H,1,7-8H2. The van der Waals surface area contributed by atoms with Gasteiger partial charge in [-0.1, -0.05) is 30.3 Å². The second-order valence-electron chi connectivity index (χ2n) is 2.20. The Morgan fingerprint density at radius 3 is 2.64 bits per heavy atom. The van der Waals surface area contributed by atoms with Crippen LogP contribution in [0.5, 0.6) is 0 Å². The molecule has 2 heteroatoms. The van der Waals surface area contributed by atoms with Gasteiger partial charge in [0.15, 0.2) is 0 Å². The van der Waals surface area contributed by atoms with Gasteiger partial charge in [0, 0.05) is 13.1 Å². The number of hydrogen-bond acceptors (Lipinski definition) is 2. The monoisotopic (exact) mass is 149 g/mol. The van der Waals surface area contributed by atoms with Crippen molar-refractivity contribution < 1.29 is 4.84 Å². The van der Waals surface area contributed by atoms with Crippen LogP contribution in [0.4, 0.5) is 0 Å². The predicted octanol–water partition coefficient (Wildman–Crippen LogP) is 1.86. The van der Waals surface area contributed by atoms with E-state index < -0.39 is 0 Å². The van der Waals surface area contributed by atoms with Crippen LogP contribution in [-0.4, -0.2) is 13.3 Å². The maximum Gasteiger partial charge on any atom is 0.121 e. The average Bonchev–Trinajstić information content (AvgIpc) is 2.07. The molecule has 0 saturated heterocycles. The highest BCUT2D eigenvalue weighted by molar-refractivity contribution is 5.21. The molecule has 58 valence electrons. The van der Waals surface area contributed by atoms with Crippen LogP contribution in [0.15, 0.2) is 35.5 Å². The zero-order valence-electron chi connectivity index (χ0n) is 6.36. The Labute approximate surface area is 66.5 Å². The summed E-state index contributed by atoms with van der Waals surface area (Å²) in [6.45, 7) is 3.82. The van der Waals surface area contributed by atoms with Crippen molar-refractivity contribution in [1.82, 2.24) is 0 Å². The molecule has 0 aromatic heterocycles. The molecule has 0 aliphatic heterocycles. The van der Waals surface area contributed by atoms with Crippen molar-refractivity contribution in [3.63, 3.8) is 0 Å². The molecule has 1 rings (SSSR count). The average molecular weight is 149 g/mol. The van der Waals surface area contributed by atoms with Gasteiger partial charge in [0.05, 0.1) is 0 Å². The molecule has 0 saturated carbocycles. The van der Waals surface area contributed by atoms with Crippen LogP contribution in [0.3, 0.4) is 0 Å². The van der Waals surface area contributed by atoms with Gasteiger partial charge in [-0.25, -0.2) is 0 Å². The Balaban J connectivity index is 2.33. The molecule has 1 aromatic rings. The number of benzene rings is 1. The fraction of sp³-hybridized carbons (Fsp3) is 0.222. The summed E-state index contributed by atoms with van der Waals surface area (Å²) in [6, 6.07) is 10.1. The van der Waals surface area contributed by atoms with Gasteiger partial charge >= 0.3 is 0 Å². The quantitative estimate of drug-likeness (QED) is 0.364. The summed E-state index contributed by atoms with van der Waals surface area (Å²) < 4.78 is 0. The highest BCUT2D eigenvalue weighted by atomic mass is 16.6. The van der Waals surface area contributed by atoms with Crippen LogP contribution in [0.25, 0.3) is 0 Å². The van der Waals surface area contributed by atoms with Gasteiger partial charge in [-0.3, -0.25) is 0 Å². The fourth-order valence-corrected chi connectivity index (χ4v) is 0.873. The fourth-order valence-electron chi connectivity index (χ4n) is 0.873. The van der Waals surface area contributed by atoms with Gasteiger partial charge in [-0.15, -0.1) is 5.16 Å². The molecule has 0 atom stereocenters. The van der Waals surface area contributed by atoms with Gasteiger partial charge in [0.25, 0.3) is 0 Å².